The molecular formula is C16H14ClN5O5S. The zero-order valence-electron chi connectivity index (χ0n) is 14.6. The Bertz CT molecular complexity index is 1010. The molecular weight excluding hydrogens is 410 g/mol. The molecule has 2 aromatic heterocycles. The van der Waals surface area contributed by atoms with Crippen LogP contribution in [0.25, 0.3) is 10.7 Å². The predicted molar refractivity (Wildman–Crippen MR) is 100 cm³/mol. The topological polar surface area (TPSA) is 131 Å². The van der Waals surface area contributed by atoms with Gasteiger partial charge in [0.1, 0.15) is 11.7 Å². The smallest absolute Gasteiger partial charge is 0.445 e. The lowest BCUT2D eigenvalue weighted by Crippen LogP contribution is -2.32. The summed E-state index contributed by atoms with van der Waals surface area (Å²) < 4.78 is 5.14. The number of hydrogen-bond donors (Lipinski definition) is 2. The van der Waals surface area contributed by atoms with Gasteiger partial charge in [0.05, 0.1) is 16.1 Å². The Morgan fingerprint density at radius 3 is 2.82 bits per heavy atom. The third-order valence-corrected chi connectivity index (χ3v) is 4.53. The lowest BCUT2D eigenvalue weighted by molar-refractivity contribution is -0.119. The molecule has 0 aliphatic heterocycles. The van der Waals surface area contributed by atoms with E-state index >= 15 is 0 Å². The number of hydrogen-bond acceptors (Lipinski definition) is 8. The molecule has 2 N–H and O–H groups in total. The van der Waals surface area contributed by atoms with Crippen LogP contribution in [0.4, 0.5) is 10.5 Å². The van der Waals surface area contributed by atoms with E-state index in [1.807, 2.05) is 0 Å². The number of amides is 2. The monoisotopic (exact) mass is 423 g/mol. The van der Waals surface area contributed by atoms with Gasteiger partial charge in [0.15, 0.2) is 0 Å². The molecule has 3 rings (SSSR count). The minimum atomic E-state index is -1.36. The summed E-state index contributed by atoms with van der Waals surface area (Å²) in [6.07, 6.45) is 0.0560. The molecule has 12 heteroatoms. The van der Waals surface area contributed by atoms with Crippen LogP contribution < -0.4 is 15.2 Å². The average molecular weight is 424 g/mol. The fourth-order valence-corrected chi connectivity index (χ4v) is 3.06. The largest absolute Gasteiger partial charge is 0.463 e. The van der Waals surface area contributed by atoms with Crippen molar-refractivity contribution in [2.75, 3.05) is 5.06 Å². The van der Waals surface area contributed by atoms with Crippen LogP contribution in [0.2, 0.25) is 5.02 Å². The maximum atomic E-state index is 11.5. The van der Waals surface area contributed by atoms with Crippen molar-refractivity contribution < 1.29 is 24.1 Å². The number of carbonyl (C=O) groups excluding carboxylic acids is 1. The SMILES string of the molecule is CC(=O)NC(C)c1nc(-c2cnc(ON(C(=O)O)c3ccccc3Cl)s2)no1. The summed E-state index contributed by atoms with van der Waals surface area (Å²) in [7, 11) is 0. The molecule has 1 atom stereocenters. The van der Waals surface area contributed by atoms with E-state index in [0.29, 0.717) is 9.94 Å². The molecule has 1 unspecified atom stereocenters. The van der Waals surface area contributed by atoms with Crippen molar-refractivity contribution in [1.82, 2.24) is 20.4 Å². The predicted octanol–water partition coefficient (Wildman–Crippen LogP) is 3.52. The van der Waals surface area contributed by atoms with Gasteiger partial charge in [-0.05, 0) is 19.1 Å². The summed E-state index contributed by atoms with van der Waals surface area (Å²) in [5.74, 6) is 0.234. The van der Waals surface area contributed by atoms with Crippen molar-refractivity contribution in [2.45, 2.75) is 19.9 Å². The van der Waals surface area contributed by atoms with Gasteiger partial charge in [0, 0.05) is 6.92 Å². The van der Waals surface area contributed by atoms with E-state index in [0.717, 1.165) is 11.3 Å². The Labute approximate surface area is 167 Å². The summed E-state index contributed by atoms with van der Waals surface area (Å²) in [6, 6.07) is 5.89. The first kappa shape index (κ1) is 19.6. The number of aromatic nitrogens is 3. The highest BCUT2D eigenvalue weighted by atomic mass is 35.5. The van der Waals surface area contributed by atoms with Crippen LogP contribution in [0.5, 0.6) is 5.19 Å². The van der Waals surface area contributed by atoms with Crippen molar-refractivity contribution in [3.05, 3.63) is 41.4 Å². The Balaban J connectivity index is 1.78. The first-order chi connectivity index (χ1) is 13.3. The molecule has 0 aliphatic carbocycles. The van der Waals surface area contributed by atoms with Gasteiger partial charge >= 0.3 is 11.3 Å². The van der Waals surface area contributed by atoms with Crippen LogP contribution in [0.3, 0.4) is 0 Å². The van der Waals surface area contributed by atoms with Gasteiger partial charge in [-0.1, -0.05) is 40.2 Å². The van der Waals surface area contributed by atoms with Crippen LogP contribution in [0.1, 0.15) is 25.8 Å². The van der Waals surface area contributed by atoms with E-state index in [1.54, 1.807) is 25.1 Å². The van der Waals surface area contributed by atoms with Gasteiger partial charge in [0.2, 0.25) is 17.6 Å². The van der Waals surface area contributed by atoms with Crippen molar-refractivity contribution in [3.8, 4) is 15.9 Å². The first-order valence-electron chi connectivity index (χ1n) is 7.87. The molecule has 146 valence electrons. The van der Waals surface area contributed by atoms with Gasteiger partial charge < -0.3 is 19.8 Å². The summed E-state index contributed by atoms with van der Waals surface area (Å²) in [5.41, 5.74) is 0.152. The second-order valence-electron chi connectivity index (χ2n) is 5.49. The second-order valence-corrected chi connectivity index (χ2v) is 6.89. The van der Waals surface area contributed by atoms with Crippen molar-refractivity contribution in [3.63, 3.8) is 0 Å². The molecule has 2 heterocycles. The number of carboxylic acid groups (broad SMARTS) is 1. The third-order valence-electron chi connectivity index (χ3n) is 3.35. The van der Waals surface area contributed by atoms with E-state index in [2.05, 4.69) is 20.4 Å². The van der Waals surface area contributed by atoms with Crippen LogP contribution in [-0.2, 0) is 4.79 Å². The number of halogens is 1. The number of nitrogens with one attached hydrogen (secondary N) is 1. The Morgan fingerprint density at radius 2 is 2.14 bits per heavy atom. The Morgan fingerprint density at radius 1 is 1.39 bits per heavy atom. The first-order valence-corrected chi connectivity index (χ1v) is 9.07. The number of nitrogens with zero attached hydrogens (tertiary/aromatic N) is 4. The number of carbonyl (C=O) groups is 2. The average Bonchev–Trinajstić information content (AvgIpc) is 3.29. The van der Waals surface area contributed by atoms with Gasteiger partial charge in [0.25, 0.3) is 0 Å². The second kappa shape index (κ2) is 8.23. The third kappa shape index (κ3) is 4.38. The minimum absolute atomic E-state index is 0.0404. The molecule has 1 aromatic carbocycles. The fraction of sp³-hybridized carbons (Fsp3) is 0.188. The highest BCUT2D eigenvalue weighted by Crippen LogP contribution is 2.32. The number of benzene rings is 1. The number of rotatable bonds is 6. The lowest BCUT2D eigenvalue weighted by Gasteiger charge is -2.18. The Kier molecular flexibility index (Phi) is 5.76. The molecule has 0 aliphatic rings. The van der Waals surface area contributed by atoms with Gasteiger partial charge in [-0.3, -0.25) is 4.79 Å². The lowest BCUT2D eigenvalue weighted by atomic mass is 10.3. The maximum Gasteiger partial charge on any atom is 0.445 e. The highest BCUT2D eigenvalue weighted by molar-refractivity contribution is 7.16. The van der Waals surface area contributed by atoms with Crippen molar-refractivity contribution in [1.29, 1.82) is 0 Å². The molecule has 10 nitrogen and oxygen atoms in total. The summed E-state index contributed by atoms with van der Waals surface area (Å²) >= 11 is 7.05. The highest BCUT2D eigenvalue weighted by Gasteiger charge is 2.23. The fourth-order valence-electron chi connectivity index (χ4n) is 2.17. The molecule has 0 bridgehead atoms. The molecule has 28 heavy (non-hydrogen) atoms. The van der Waals surface area contributed by atoms with Crippen LogP contribution in [0, 0.1) is 0 Å². The number of anilines is 1. The number of hydroxylamine groups is 1. The van der Waals surface area contributed by atoms with Crippen molar-refractivity contribution in [2.24, 2.45) is 0 Å². The Hall–Kier alpha value is -3.18. The van der Waals surface area contributed by atoms with Crippen LogP contribution >= 0.6 is 22.9 Å². The molecule has 0 fully saturated rings. The van der Waals surface area contributed by atoms with Gasteiger partial charge in [-0.25, -0.2) is 9.78 Å². The maximum absolute atomic E-state index is 11.5. The van der Waals surface area contributed by atoms with Crippen LogP contribution in [-0.4, -0.2) is 32.2 Å². The summed E-state index contributed by atoms with van der Waals surface area (Å²) in [6.45, 7) is 3.09. The molecule has 0 spiro atoms. The molecule has 0 saturated carbocycles. The number of para-hydroxylation sites is 1. The van der Waals surface area contributed by atoms with Gasteiger partial charge in [-0.2, -0.15) is 4.98 Å². The van der Waals surface area contributed by atoms with Crippen LogP contribution in [0.15, 0.2) is 35.0 Å². The summed E-state index contributed by atoms with van der Waals surface area (Å²) in [4.78, 5) is 36.8. The zero-order valence-corrected chi connectivity index (χ0v) is 16.2. The summed E-state index contributed by atoms with van der Waals surface area (Å²) in [5, 5.41) is 16.8. The molecule has 2 amide bonds. The number of thiazole rings is 1. The normalized spacial score (nSPS) is 11.7. The molecule has 0 saturated heterocycles. The molecule has 3 aromatic rings. The van der Waals surface area contributed by atoms with E-state index in [1.165, 1.54) is 19.2 Å². The van der Waals surface area contributed by atoms with Crippen molar-refractivity contribution >= 4 is 40.6 Å². The zero-order chi connectivity index (χ0) is 20.3. The quantitative estimate of drug-likeness (QED) is 0.575. The molecule has 0 radical (unpaired) electrons. The van der Waals surface area contributed by atoms with Gasteiger partial charge in [-0.15, -0.1) is 5.06 Å². The van der Waals surface area contributed by atoms with E-state index in [9.17, 15) is 14.7 Å². The van der Waals surface area contributed by atoms with E-state index < -0.39 is 12.1 Å². The van der Waals surface area contributed by atoms with E-state index in [-0.39, 0.29) is 33.5 Å². The standard InChI is InChI=1S/C16H14ClN5O5S/c1-8(19-9(2)23)14-20-13(21-26-14)12-7-18-15(28-12)27-22(16(24)25)11-6-4-3-5-10(11)17/h3-8H,1-2H3,(H,19,23)(H,24,25). The minimum Gasteiger partial charge on any atom is -0.463 e. The van der Waals surface area contributed by atoms with E-state index in [4.69, 9.17) is 21.0 Å².